The van der Waals surface area contributed by atoms with Gasteiger partial charge in [-0.1, -0.05) is 6.07 Å². The summed E-state index contributed by atoms with van der Waals surface area (Å²) < 4.78 is 18.8. The number of hydrogen-bond donors (Lipinski definition) is 2. The summed E-state index contributed by atoms with van der Waals surface area (Å²) in [5.41, 5.74) is 11.9. The lowest BCUT2D eigenvalue weighted by Crippen LogP contribution is -2.65. The van der Waals surface area contributed by atoms with Gasteiger partial charge in [0.05, 0.1) is 7.11 Å². The van der Waals surface area contributed by atoms with Crippen LogP contribution < -0.4 is 16.2 Å². The van der Waals surface area contributed by atoms with E-state index in [2.05, 4.69) is 9.89 Å². The Morgan fingerprint density at radius 2 is 2.15 bits per heavy atom. The van der Waals surface area contributed by atoms with Crippen LogP contribution in [0.2, 0.25) is 0 Å². The van der Waals surface area contributed by atoms with Gasteiger partial charge in [0.15, 0.2) is 17.4 Å². The number of amidine groups is 1. The standard InChI is InChI=1S/C18H24FN5O3/c1-27-15-3-2-12(10-14(15)19)11-23-8-4-13(5-9-23)18(21)6-7-22-17(20)16(18)24(25)26/h2-3,6-7,10,13,16H,4-5,8-9,11,21H2,1H3,(H2,20,22). The third-order valence-corrected chi connectivity index (χ3v) is 5.47. The maximum atomic E-state index is 13.9. The van der Waals surface area contributed by atoms with E-state index < -0.39 is 16.5 Å². The van der Waals surface area contributed by atoms with Crippen LogP contribution in [0.1, 0.15) is 18.4 Å². The average molecular weight is 377 g/mol. The van der Waals surface area contributed by atoms with E-state index in [0.717, 1.165) is 5.56 Å². The van der Waals surface area contributed by atoms with Gasteiger partial charge in [0.1, 0.15) is 5.54 Å². The van der Waals surface area contributed by atoms with E-state index in [0.29, 0.717) is 32.5 Å². The zero-order valence-electron chi connectivity index (χ0n) is 15.2. The molecule has 8 nitrogen and oxygen atoms in total. The van der Waals surface area contributed by atoms with E-state index >= 15 is 0 Å². The molecule has 27 heavy (non-hydrogen) atoms. The first-order chi connectivity index (χ1) is 12.8. The van der Waals surface area contributed by atoms with Crippen molar-refractivity contribution in [1.29, 1.82) is 0 Å². The van der Waals surface area contributed by atoms with Crippen molar-refractivity contribution in [1.82, 2.24) is 4.90 Å². The number of likely N-dealkylation sites (tertiary alicyclic amines) is 1. The Hall–Kier alpha value is -2.52. The number of nitro groups is 1. The largest absolute Gasteiger partial charge is 0.494 e. The van der Waals surface area contributed by atoms with E-state index in [1.165, 1.54) is 19.4 Å². The maximum Gasteiger partial charge on any atom is 0.290 e. The van der Waals surface area contributed by atoms with Gasteiger partial charge in [-0.2, -0.15) is 0 Å². The minimum absolute atomic E-state index is 0.0545. The number of hydrogen-bond acceptors (Lipinski definition) is 7. The van der Waals surface area contributed by atoms with Crippen LogP contribution in [0.15, 0.2) is 35.5 Å². The highest BCUT2D eigenvalue weighted by Gasteiger charge is 2.51. The van der Waals surface area contributed by atoms with E-state index in [-0.39, 0.29) is 23.3 Å². The third kappa shape index (κ3) is 3.79. The van der Waals surface area contributed by atoms with Crippen LogP contribution in [0.25, 0.3) is 0 Å². The molecule has 2 aliphatic rings. The summed E-state index contributed by atoms with van der Waals surface area (Å²) in [5.74, 6) is -0.304. The van der Waals surface area contributed by atoms with E-state index in [4.69, 9.17) is 16.2 Å². The van der Waals surface area contributed by atoms with Crippen molar-refractivity contribution in [3.8, 4) is 5.75 Å². The van der Waals surface area contributed by atoms with Crippen LogP contribution in [-0.2, 0) is 6.54 Å². The predicted octanol–water partition coefficient (Wildman–Crippen LogP) is 1.27. The van der Waals surface area contributed by atoms with Crippen molar-refractivity contribution in [2.45, 2.75) is 31.0 Å². The van der Waals surface area contributed by atoms with E-state index in [1.807, 2.05) is 6.07 Å². The molecule has 0 saturated carbocycles. The second-order valence-corrected chi connectivity index (χ2v) is 7.08. The fourth-order valence-corrected chi connectivity index (χ4v) is 3.98. The number of nitrogens with two attached hydrogens (primary N) is 2. The first-order valence-corrected chi connectivity index (χ1v) is 8.83. The molecule has 146 valence electrons. The van der Waals surface area contributed by atoms with Gasteiger partial charge in [-0.05, 0) is 55.6 Å². The Morgan fingerprint density at radius 1 is 1.44 bits per heavy atom. The van der Waals surface area contributed by atoms with Crippen LogP contribution >= 0.6 is 0 Å². The number of halogens is 1. The number of aliphatic imine (C=N–C) groups is 1. The fourth-order valence-electron chi connectivity index (χ4n) is 3.98. The number of nitrogens with zero attached hydrogens (tertiary/aromatic N) is 3. The van der Waals surface area contributed by atoms with E-state index in [9.17, 15) is 14.5 Å². The van der Waals surface area contributed by atoms with Crippen LogP contribution in [0.4, 0.5) is 4.39 Å². The van der Waals surface area contributed by atoms with Crippen LogP contribution in [0, 0.1) is 21.8 Å². The van der Waals surface area contributed by atoms with Crippen molar-refractivity contribution >= 4 is 5.84 Å². The quantitative estimate of drug-likeness (QED) is 0.589. The van der Waals surface area contributed by atoms with Crippen molar-refractivity contribution in [2.24, 2.45) is 22.4 Å². The Balaban J connectivity index is 1.65. The zero-order chi connectivity index (χ0) is 19.6. The van der Waals surface area contributed by atoms with E-state index in [1.54, 1.807) is 12.1 Å². The molecule has 0 aliphatic carbocycles. The second-order valence-electron chi connectivity index (χ2n) is 7.08. The van der Waals surface area contributed by atoms with Gasteiger partial charge in [-0.3, -0.25) is 15.0 Å². The Morgan fingerprint density at radius 3 is 2.74 bits per heavy atom. The Bertz CT molecular complexity index is 776. The Kier molecular flexibility index (Phi) is 5.43. The lowest BCUT2D eigenvalue weighted by Gasteiger charge is -2.42. The highest BCUT2D eigenvalue weighted by Crippen LogP contribution is 2.34. The minimum atomic E-state index is -1.21. The summed E-state index contributed by atoms with van der Waals surface area (Å²) in [6.45, 7) is 2.03. The fraction of sp³-hybridized carbons (Fsp3) is 0.500. The minimum Gasteiger partial charge on any atom is -0.494 e. The van der Waals surface area contributed by atoms with Crippen molar-refractivity contribution < 1.29 is 14.1 Å². The molecule has 0 aromatic heterocycles. The molecular weight excluding hydrogens is 353 g/mol. The SMILES string of the molecule is COc1ccc(CN2CCC(C3(N)C=CN=C(N)C3[N+](=O)[O-])CC2)cc1F. The molecule has 0 bridgehead atoms. The van der Waals surface area contributed by atoms with Gasteiger partial charge in [0.25, 0.3) is 6.04 Å². The van der Waals surface area contributed by atoms with Crippen molar-refractivity contribution in [3.63, 3.8) is 0 Å². The molecule has 3 rings (SSSR count). The van der Waals surface area contributed by atoms with Gasteiger partial charge in [0, 0.05) is 17.7 Å². The molecule has 0 amide bonds. The summed E-state index contributed by atoms with van der Waals surface area (Å²) in [6.07, 6.45) is 4.45. The smallest absolute Gasteiger partial charge is 0.290 e. The number of piperidine rings is 1. The molecule has 2 atom stereocenters. The molecule has 1 aromatic carbocycles. The number of rotatable bonds is 5. The van der Waals surface area contributed by atoms with Gasteiger partial charge < -0.3 is 16.2 Å². The highest BCUT2D eigenvalue weighted by molar-refractivity contribution is 5.88. The molecule has 1 aromatic rings. The molecule has 0 spiro atoms. The van der Waals surface area contributed by atoms with Gasteiger partial charge >= 0.3 is 0 Å². The lowest BCUT2D eigenvalue weighted by atomic mass is 9.72. The molecule has 1 fully saturated rings. The van der Waals surface area contributed by atoms with Gasteiger partial charge in [-0.25, -0.2) is 9.38 Å². The summed E-state index contributed by atoms with van der Waals surface area (Å²) in [4.78, 5) is 17.1. The van der Waals surface area contributed by atoms with Crippen LogP contribution in [0.3, 0.4) is 0 Å². The second kappa shape index (κ2) is 7.61. The van der Waals surface area contributed by atoms with Crippen molar-refractivity contribution in [2.75, 3.05) is 20.2 Å². The third-order valence-electron chi connectivity index (χ3n) is 5.47. The van der Waals surface area contributed by atoms with Gasteiger partial charge in [0.2, 0.25) is 0 Å². The summed E-state index contributed by atoms with van der Waals surface area (Å²) in [5, 5.41) is 11.5. The first kappa shape index (κ1) is 19.2. The summed E-state index contributed by atoms with van der Waals surface area (Å²) >= 11 is 0. The number of benzene rings is 1. The topological polar surface area (TPSA) is 120 Å². The molecule has 2 heterocycles. The molecule has 0 radical (unpaired) electrons. The average Bonchev–Trinajstić information content (AvgIpc) is 2.62. The Labute approximate surface area is 156 Å². The first-order valence-electron chi connectivity index (χ1n) is 8.83. The molecule has 9 heteroatoms. The maximum absolute atomic E-state index is 13.9. The lowest BCUT2D eigenvalue weighted by molar-refractivity contribution is -0.513. The normalized spacial score (nSPS) is 26.6. The molecule has 1 saturated heterocycles. The molecular formula is C18H24FN5O3. The van der Waals surface area contributed by atoms with Crippen molar-refractivity contribution in [3.05, 3.63) is 52.0 Å². The predicted molar refractivity (Wildman–Crippen MR) is 99.4 cm³/mol. The summed E-state index contributed by atoms with van der Waals surface area (Å²) in [7, 11) is 1.43. The number of ether oxygens (including phenoxy) is 1. The summed E-state index contributed by atoms with van der Waals surface area (Å²) in [6, 6.07) is 3.71. The van der Waals surface area contributed by atoms with Gasteiger partial charge in [-0.15, -0.1) is 0 Å². The van der Waals surface area contributed by atoms with Crippen LogP contribution in [-0.4, -0.2) is 47.4 Å². The van der Waals surface area contributed by atoms with Crippen LogP contribution in [0.5, 0.6) is 5.75 Å². The molecule has 2 unspecified atom stereocenters. The molecule has 4 N–H and O–H groups in total. The molecule has 2 aliphatic heterocycles. The number of methoxy groups -OCH3 is 1. The zero-order valence-corrected chi connectivity index (χ0v) is 15.2. The monoisotopic (exact) mass is 377 g/mol. The highest BCUT2D eigenvalue weighted by atomic mass is 19.1.